The molecule has 2 heterocycles. The summed E-state index contributed by atoms with van der Waals surface area (Å²) in [5.74, 6) is -0.292. The van der Waals surface area contributed by atoms with Gasteiger partial charge in [-0.1, -0.05) is 25.4 Å². The van der Waals surface area contributed by atoms with Gasteiger partial charge in [0.1, 0.15) is 11.6 Å². The highest BCUT2D eigenvalue weighted by atomic mass is 35.5. The summed E-state index contributed by atoms with van der Waals surface area (Å²) in [5.41, 5.74) is 2.51. The SMILES string of the molecule is CC1(C)Cc2nc(-c3cc(Cl)ccc3F)nc(Nc3ccncc3C(=O)NC[C@H](O)CO)c2C1. The summed E-state index contributed by atoms with van der Waals surface area (Å²) in [4.78, 5) is 26.0. The quantitative estimate of drug-likeness (QED) is 0.405. The molecule has 0 spiro atoms. The van der Waals surface area contributed by atoms with Gasteiger partial charge in [-0.2, -0.15) is 0 Å². The number of halogens is 2. The maximum Gasteiger partial charge on any atom is 0.255 e. The average Bonchev–Trinajstić information content (AvgIpc) is 3.13. The van der Waals surface area contributed by atoms with Gasteiger partial charge in [-0.15, -0.1) is 0 Å². The molecule has 1 atom stereocenters. The lowest BCUT2D eigenvalue weighted by Crippen LogP contribution is -2.34. The van der Waals surface area contributed by atoms with Crippen LogP contribution < -0.4 is 10.6 Å². The summed E-state index contributed by atoms with van der Waals surface area (Å²) in [7, 11) is 0. The summed E-state index contributed by atoms with van der Waals surface area (Å²) in [6.07, 6.45) is 3.26. The van der Waals surface area contributed by atoms with Crippen molar-refractivity contribution >= 4 is 29.0 Å². The number of rotatable bonds is 7. The number of hydrogen-bond donors (Lipinski definition) is 4. The number of aromatic nitrogens is 3. The topological polar surface area (TPSA) is 120 Å². The second kappa shape index (κ2) is 9.61. The first-order valence-corrected chi connectivity index (χ1v) is 11.2. The predicted octanol–water partition coefficient (Wildman–Crippen LogP) is 3.28. The van der Waals surface area contributed by atoms with Crippen molar-refractivity contribution in [2.45, 2.75) is 32.8 Å². The third-order valence-corrected chi connectivity index (χ3v) is 5.83. The molecule has 0 radical (unpaired) electrons. The number of hydrogen-bond acceptors (Lipinski definition) is 7. The van der Waals surface area contributed by atoms with Crippen molar-refractivity contribution in [3.63, 3.8) is 0 Å². The van der Waals surface area contributed by atoms with Crippen LogP contribution in [0, 0.1) is 11.2 Å². The molecule has 34 heavy (non-hydrogen) atoms. The number of amides is 1. The van der Waals surface area contributed by atoms with E-state index in [1.54, 1.807) is 6.07 Å². The second-order valence-electron chi connectivity index (χ2n) is 9.06. The lowest BCUT2D eigenvalue weighted by Gasteiger charge is -2.16. The lowest BCUT2D eigenvalue weighted by atomic mass is 9.90. The minimum atomic E-state index is -1.07. The molecule has 0 unspecified atom stereocenters. The Morgan fingerprint density at radius 2 is 2.06 bits per heavy atom. The van der Waals surface area contributed by atoms with Crippen molar-refractivity contribution in [2.24, 2.45) is 5.41 Å². The third-order valence-electron chi connectivity index (χ3n) is 5.59. The fraction of sp³-hybridized carbons (Fsp3) is 0.333. The van der Waals surface area contributed by atoms with Crippen LogP contribution in [-0.4, -0.2) is 50.3 Å². The normalized spacial score (nSPS) is 15.0. The van der Waals surface area contributed by atoms with Crippen LogP contribution in [-0.2, 0) is 12.8 Å². The van der Waals surface area contributed by atoms with E-state index in [9.17, 15) is 14.3 Å². The largest absolute Gasteiger partial charge is 0.394 e. The Kier molecular flexibility index (Phi) is 6.79. The first-order chi connectivity index (χ1) is 16.2. The summed E-state index contributed by atoms with van der Waals surface area (Å²) < 4.78 is 14.6. The summed E-state index contributed by atoms with van der Waals surface area (Å²) in [6.45, 7) is 3.66. The molecule has 1 amide bonds. The molecule has 0 saturated carbocycles. The molecule has 10 heteroatoms. The molecule has 8 nitrogen and oxygen atoms in total. The predicted molar refractivity (Wildman–Crippen MR) is 127 cm³/mol. The summed E-state index contributed by atoms with van der Waals surface area (Å²) >= 11 is 6.09. The molecule has 0 bridgehead atoms. The fourth-order valence-electron chi connectivity index (χ4n) is 3.93. The minimum absolute atomic E-state index is 0.0577. The highest BCUT2D eigenvalue weighted by Gasteiger charge is 2.33. The Balaban J connectivity index is 1.74. The van der Waals surface area contributed by atoms with Gasteiger partial charge >= 0.3 is 0 Å². The van der Waals surface area contributed by atoms with Gasteiger partial charge in [0.25, 0.3) is 5.91 Å². The Morgan fingerprint density at radius 1 is 1.26 bits per heavy atom. The van der Waals surface area contributed by atoms with Crippen LogP contribution >= 0.6 is 11.6 Å². The van der Waals surface area contributed by atoms with Crippen LogP contribution in [0.5, 0.6) is 0 Å². The zero-order valence-corrected chi connectivity index (χ0v) is 19.5. The molecule has 1 aliphatic rings. The number of nitrogens with zero attached hydrogens (tertiary/aromatic N) is 3. The fourth-order valence-corrected chi connectivity index (χ4v) is 4.10. The number of pyridine rings is 1. The van der Waals surface area contributed by atoms with Crippen LogP contribution in [0.2, 0.25) is 5.02 Å². The molecule has 0 aliphatic heterocycles. The first kappa shape index (κ1) is 24.0. The van der Waals surface area contributed by atoms with Gasteiger partial charge in [0.05, 0.1) is 35.2 Å². The van der Waals surface area contributed by atoms with Crippen molar-refractivity contribution in [1.82, 2.24) is 20.3 Å². The summed E-state index contributed by atoms with van der Waals surface area (Å²) in [5, 5.41) is 24.7. The maximum atomic E-state index is 14.6. The van der Waals surface area contributed by atoms with E-state index in [-0.39, 0.29) is 28.9 Å². The van der Waals surface area contributed by atoms with Crippen LogP contribution in [0.3, 0.4) is 0 Å². The standard InChI is InChI=1S/C24H25ClFN5O3/c1-24(2)8-16-20(9-24)30-21(15-7-13(25)3-4-18(15)26)31-22(16)29-19-5-6-27-11-17(19)23(34)28-10-14(33)12-32/h3-7,11,14,32-33H,8-10,12H2,1-2H3,(H,28,34)(H,27,29,30,31)/t14-/m0/s1. The molecule has 2 aromatic heterocycles. The highest BCUT2D eigenvalue weighted by molar-refractivity contribution is 6.30. The number of carbonyl (C=O) groups is 1. The van der Waals surface area contributed by atoms with Gasteiger partial charge in [0.15, 0.2) is 5.82 Å². The van der Waals surface area contributed by atoms with Crippen LogP contribution in [0.1, 0.15) is 35.5 Å². The second-order valence-corrected chi connectivity index (χ2v) is 9.49. The number of anilines is 2. The van der Waals surface area contributed by atoms with E-state index < -0.39 is 24.4 Å². The molecular weight excluding hydrogens is 461 g/mol. The van der Waals surface area contributed by atoms with E-state index in [2.05, 4.69) is 39.4 Å². The molecule has 0 fully saturated rings. The Morgan fingerprint density at radius 3 is 2.82 bits per heavy atom. The minimum Gasteiger partial charge on any atom is -0.394 e. The van der Waals surface area contributed by atoms with Crippen LogP contribution in [0.25, 0.3) is 11.4 Å². The van der Waals surface area contributed by atoms with E-state index in [0.717, 1.165) is 11.3 Å². The number of carbonyl (C=O) groups excluding carboxylic acids is 1. The van der Waals surface area contributed by atoms with E-state index >= 15 is 0 Å². The molecule has 1 aliphatic carbocycles. The zero-order valence-electron chi connectivity index (χ0n) is 18.8. The number of nitrogens with one attached hydrogen (secondary N) is 2. The van der Waals surface area contributed by atoms with Crippen LogP contribution in [0.15, 0.2) is 36.7 Å². The molecule has 4 rings (SSSR count). The van der Waals surface area contributed by atoms with Crippen LogP contribution in [0.4, 0.5) is 15.9 Å². The van der Waals surface area contributed by atoms with E-state index in [0.29, 0.717) is 29.4 Å². The maximum absolute atomic E-state index is 14.6. The van der Waals surface area contributed by atoms with Gasteiger partial charge < -0.3 is 20.8 Å². The highest BCUT2D eigenvalue weighted by Crippen LogP contribution is 2.40. The van der Waals surface area contributed by atoms with Crippen molar-refractivity contribution in [3.05, 3.63) is 64.3 Å². The van der Waals surface area contributed by atoms with Gasteiger partial charge in [-0.05, 0) is 42.5 Å². The molecule has 3 aromatic rings. The number of aliphatic hydroxyl groups is 2. The molecule has 178 valence electrons. The smallest absolute Gasteiger partial charge is 0.255 e. The Bertz CT molecular complexity index is 1240. The van der Waals surface area contributed by atoms with Crippen molar-refractivity contribution in [2.75, 3.05) is 18.5 Å². The average molecular weight is 486 g/mol. The first-order valence-electron chi connectivity index (χ1n) is 10.8. The van der Waals surface area contributed by atoms with Gasteiger partial charge in [0, 0.05) is 29.5 Å². The molecular formula is C24H25ClFN5O3. The van der Waals surface area contributed by atoms with Crippen molar-refractivity contribution < 1.29 is 19.4 Å². The number of benzene rings is 1. The van der Waals surface area contributed by atoms with E-state index in [1.807, 2.05) is 0 Å². The molecule has 0 saturated heterocycles. The molecule has 1 aromatic carbocycles. The molecule has 4 N–H and O–H groups in total. The Labute approximate surface area is 201 Å². The van der Waals surface area contributed by atoms with Crippen molar-refractivity contribution in [3.8, 4) is 11.4 Å². The van der Waals surface area contributed by atoms with E-state index in [1.165, 1.54) is 30.6 Å². The van der Waals surface area contributed by atoms with Crippen molar-refractivity contribution in [1.29, 1.82) is 0 Å². The zero-order chi connectivity index (χ0) is 24.5. The van der Waals surface area contributed by atoms with E-state index in [4.69, 9.17) is 16.7 Å². The monoisotopic (exact) mass is 485 g/mol. The number of aliphatic hydroxyl groups excluding tert-OH is 2. The van der Waals surface area contributed by atoms with Gasteiger partial charge in [-0.25, -0.2) is 14.4 Å². The third kappa shape index (κ3) is 5.16. The van der Waals surface area contributed by atoms with Gasteiger partial charge in [0.2, 0.25) is 0 Å². The Hall–Kier alpha value is -3.14. The lowest BCUT2D eigenvalue weighted by molar-refractivity contribution is 0.0802. The number of fused-ring (bicyclic) bond motifs is 1. The summed E-state index contributed by atoms with van der Waals surface area (Å²) in [6, 6.07) is 5.86. The van der Waals surface area contributed by atoms with Gasteiger partial charge in [-0.3, -0.25) is 9.78 Å².